The van der Waals surface area contributed by atoms with Gasteiger partial charge in [-0.1, -0.05) is 19.3 Å². The van der Waals surface area contributed by atoms with Crippen LogP contribution in [0.4, 0.5) is 0 Å². The minimum atomic E-state index is 0.608. The zero-order valence-electron chi connectivity index (χ0n) is 9.02. The summed E-state index contributed by atoms with van der Waals surface area (Å²) in [6.07, 6.45) is 8.64. The molecule has 1 aliphatic carbocycles. The van der Waals surface area contributed by atoms with Crippen molar-refractivity contribution in [1.82, 2.24) is 20.1 Å². The zero-order chi connectivity index (χ0) is 10.1. The lowest BCUT2D eigenvalue weighted by Gasteiger charge is -2.31. The SMILES string of the molecule is c1nnc(C2CCCCC2)n1C1CNC1. The first kappa shape index (κ1) is 9.33. The van der Waals surface area contributed by atoms with Crippen LogP contribution in [0.5, 0.6) is 0 Å². The lowest BCUT2D eigenvalue weighted by molar-refractivity contribution is 0.318. The summed E-state index contributed by atoms with van der Waals surface area (Å²) in [7, 11) is 0. The van der Waals surface area contributed by atoms with E-state index in [1.54, 1.807) is 0 Å². The first-order valence-corrected chi connectivity index (χ1v) is 6.05. The molecule has 1 aromatic heterocycles. The molecule has 0 spiro atoms. The molecule has 1 saturated carbocycles. The van der Waals surface area contributed by atoms with Crippen molar-refractivity contribution in [3.8, 4) is 0 Å². The number of hydrogen-bond donors (Lipinski definition) is 1. The van der Waals surface area contributed by atoms with E-state index >= 15 is 0 Å². The predicted octanol–water partition coefficient (Wildman–Crippen LogP) is 1.47. The molecule has 1 aliphatic heterocycles. The van der Waals surface area contributed by atoms with E-state index < -0.39 is 0 Å². The fraction of sp³-hybridized carbons (Fsp3) is 0.818. The molecule has 0 aromatic carbocycles. The topological polar surface area (TPSA) is 42.7 Å². The first-order chi connectivity index (χ1) is 7.45. The Balaban J connectivity index is 1.80. The van der Waals surface area contributed by atoms with Gasteiger partial charge in [0.15, 0.2) is 0 Å². The normalized spacial score (nSPS) is 24.0. The molecule has 2 aliphatic rings. The maximum Gasteiger partial charge on any atom is 0.136 e. The maximum atomic E-state index is 4.33. The second-order valence-electron chi connectivity index (χ2n) is 4.74. The Morgan fingerprint density at radius 3 is 2.67 bits per heavy atom. The second kappa shape index (κ2) is 3.93. The highest BCUT2D eigenvalue weighted by Crippen LogP contribution is 2.32. The lowest BCUT2D eigenvalue weighted by atomic mass is 9.88. The molecule has 82 valence electrons. The lowest BCUT2D eigenvalue weighted by Crippen LogP contribution is -2.44. The van der Waals surface area contributed by atoms with E-state index in [9.17, 15) is 0 Å². The third kappa shape index (κ3) is 1.67. The van der Waals surface area contributed by atoms with Gasteiger partial charge in [0, 0.05) is 19.0 Å². The molecule has 0 atom stereocenters. The molecule has 1 saturated heterocycles. The van der Waals surface area contributed by atoms with E-state index in [0.717, 1.165) is 13.1 Å². The van der Waals surface area contributed by atoms with Gasteiger partial charge in [0.05, 0.1) is 6.04 Å². The van der Waals surface area contributed by atoms with E-state index in [0.29, 0.717) is 12.0 Å². The van der Waals surface area contributed by atoms with Crippen LogP contribution in [-0.2, 0) is 0 Å². The van der Waals surface area contributed by atoms with Crippen molar-refractivity contribution in [2.75, 3.05) is 13.1 Å². The fourth-order valence-electron chi connectivity index (χ4n) is 2.66. The Morgan fingerprint density at radius 2 is 2.00 bits per heavy atom. The Labute approximate surface area is 90.1 Å². The van der Waals surface area contributed by atoms with Crippen LogP contribution >= 0.6 is 0 Å². The van der Waals surface area contributed by atoms with Crippen LogP contribution in [0.1, 0.15) is 49.9 Å². The van der Waals surface area contributed by atoms with Crippen molar-refractivity contribution in [2.24, 2.45) is 0 Å². The molecular formula is C11H18N4. The van der Waals surface area contributed by atoms with Gasteiger partial charge in [0.1, 0.15) is 12.2 Å². The van der Waals surface area contributed by atoms with E-state index in [1.165, 1.54) is 37.9 Å². The second-order valence-corrected chi connectivity index (χ2v) is 4.74. The molecule has 2 fully saturated rings. The third-order valence-electron chi connectivity index (χ3n) is 3.72. The van der Waals surface area contributed by atoms with E-state index in [-0.39, 0.29) is 0 Å². The van der Waals surface area contributed by atoms with E-state index in [4.69, 9.17) is 0 Å². The number of nitrogens with one attached hydrogen (secondary N) is 1. The molecule has 2 heterocycles. The summed E-state index contributed by atoms with van der Waals surface area (Å²) in [6, 6.07) is 0.608. The zero-order valence-corrected chi connectivity index (χ0v) is 9.02. The average molecular weight is 206 g/mol. The molecule has 3 rings (SSSR count). The summed E-state index contributed by atoms with van der Waals surface area (Å²) in [5.74, 6) is 1.91. The quantitative estimate of drug-likeness (QED) is 0.796. The predicted molar refractivity (Wildman–Crippen MR) is 57.8 cm³/mol. The molecule has 15 heavy (non-hydrogen) atoms. The summed E-state index contributed by atoms with van der Waals surface area (Å²) >= 11 is 0. The van der Waals surface area contributed by atoms with Crippen LogP contribution in [0, 0.1) is 0 Å². The van der Waals surface area contributed by atoms with Gasteiger partial charge < -0.3 is 9.88 Å². The minimum Gasteiger partial charge on any atom is -0.313 e. The molecule has 4 heteroatoms. The number of aromatic nitrogens is 3. The highest BCUT2D eigenvalue weighted by atomic mass is 15.3. The molecule has 0 radical (unpaired) electrons. The summed E-state index contributed by atoms with van der Waals surface area (Å²) in [6.45, 7) is 2.16. The number of hydrogen-bond acceptors (Lipinski definition) is 3. The van der Waals surface area contributed by atoms with Crippen LogP contribution in [0.25, 0.3) is 0 Å². The van der Waals surface area contributed by atoms with Crippen molar-refractivity contribution in [3.05, 3.63) is 12.2 Å². The fourth-order valence-corrected chi connectivity index (χ4v) is 2.66. The molecule has 0 unspecified atom stereocenters. The summed E-state index contributed by atoms with van der Waals surface area (Å²) in [5.41, 5.74) is 0. The van der Waals surface area contributed by atoms with Gasteiger partial charge in [0.2, 0.25) is 0 Å². The molecule has 1 aromatic rings. The van der Waals surface area contributed by atoms with Gasteiger partial charge in [-0.2, -0.15) is 0 Å². The van der Waals surface area contributed by atoms with Crippen LogP contribution in [0.15, 0.2) is 6.33 Å². The average Bonchev–Trinajstić information content (AvgIpc) is 2.65. The molecule has 4 nitrogen and oxygen atoms in total. The van der Waals surface area contributed by atoms with E-state index in [2.05, 4.69) is 20.1 Å². The Bertz CT molecular complexity index is 323. The molecular weight excluding hydrogens is 188 g/mol. The van der Waals surface area contributed by atoms with Gasteiger partial charge >= 0.3 is 0 Å². The van der Waals surface area contributed by atoms with Gasteiger partial charge in [-0.25, -0.2) is 0 Å². The Hall–Kier alpha value is -0.900. The standard InChI is InChI=1S/C11H18N4/c1-2-4-9(5-3-1)11-14-13-8-15(11)10-6-12-7-10/h8-10,12H,1-7H2. The third-order valence-corrected chi connectivity index (χ3v) is 3.72. The molecule has 0 bridgehead atoms. The van der Waals surface area contributed by atoms with Gasteiger partial charge in [-0.15, -0.1) is 10.2 Å². The summed E-state index contributed by atoms with van der Waals surface area (Å²) in [5, 5.41) is 11.7. The van der Waals surface area contributed by atoms with Gasteiger partial charge in [-0.3, -0.25) is 0 Å². The van der Waals surface area contributed by atoms with Crippen molar-refractivity contribution < 1.29 is 0 Å². The maximum absolute atomic E-state index is 4.33. The van der Waals surface area contributed by atoms with Crippen molar-refractivity contribution in [2.45, 2.75) is 44.1 Å². The van der Waals surface area contributed by atoms with Crippen molar-refractivity contribution in [3.63, 3.8) is 0 Å². The monoisotopic (exact) mass is 206 g/mol. The Kier molecular flexibility index (Phi) is 2.44. The van der Waals surface area contributed by atoms with Crippen LogP contribution in [0.2, 0.25) is 0 Å². The van der Waals surface area contributed by atoms with E-state index in [1.807, 2.05) is 6.33 Å². The van der Waals surface area contributed by atoms with Crippen molar-refractivity contribution >= 4 is 0 Å². The number of nitrogens with zero attached hydrogens (tertiary/aromatic N) is 3. The van der Waals surface area contributed by atoms with Gasteiger partial charge in [0.25, 0.3) is 0 Å². The largest absolute Gasteiger partial charge is 0.313 e. The van der Waals surface area contributed by atoms with Crippen LogP contribution < -0.4 is 5.32 Å². The summed E-state index contributed by atoms with van der Waals surface area (Å²) < 4.78 is 2.30. The van der Waals surface area contributed by atoms with Crippen LogP contribution in [0.3, 0.4) is 0 Å². The molecule has 1 N–H and O–H groups in total. The highest BCUT2D eigenvalue weighted by Gasteiger charge is 2.26. The smallest absolute Gasteiger partial charge is 0.136 e. The first-order valence-electron chi connectivity index (χ1n) is 6.05. The van der Waals surface area contributed by atoms with Gasteiger partial charge in [-0.05, 0) is 12.8 Å². The van der Waals surface area contributed by atoms with Crippen molar-refractivity contribution in [1.29, 1.82) is 0 Å². The summed E-state index contributed by atoms with van der Waals surface area (Å²) in [4.78, 5) is 0. The molecule has 0 amide bonds. The number of rotatable bonds is 2. The minimum absolute atomic E-state index is 0.608. The Morgan fingerprint density at radius 1 is 1.20 bits per heavy atom. The van der Waals surface area contributed by atoms with Crippen LogP contribution in [-0.4, -0.2) is 27.9 Å². The highest BCUT2D eigenvalue weighted by molar-refractivity contribution is 5.02.